The van der Waals surface area contributed by atoms with Gasteiger partial charge in [-0.15, -0.1) is 0 Å². The molecule has 1 aromatic rings. The van der Waals surface area contributed by atoms with E-state index in [-0.39, 0.29) is 11.0 Å². The van der Waals surface area contributed by atoms with Crippen LogP contribution < -0.4 is 4.90 Å². The van der Waals surface area contributed by atoms with Crippen molar-refractivity contribution in [3.63, 3.8) is 0 Å². The number of rotatable bonds is 5. The first-order valence-electron chi connectivity index (χ1n) is 8.05. The van der Waals surface area contributed by atoms with Gasteiger partial charge < -0.3 is 4.90 Å². The third-order valence-electron chi connectivity index (χ3n) is 4.14. The van der Waals surface area contributed by atoms with E-state index in [2.05, 4.69) is 84.2 Å². The van der Waals surface area contributed by atoms with E-state index in [1.807, 2.05) is 0 Å². The second-order valence-corrected chi connectivity index (χ2v) is 8.07. The molecule has 0 heterocycles. The van der Waals surface area contributed by atoms with Crippen LogP contribution in [0.4, 0.5) is 5.69 Å². The zero-order chi connectivity index (χ0) is 16.3. The zero-order valence-electron chi connectivity index (χ0n) is 15.1. The Morgan fingerprint density at radius 3 is 2.10 bits per heavy atom. The van der Waals surface area contributed by atoms with Crippen molar-refractivity contribution < 1.29 is 0 Å². The molecule has 0 amide bonds. The second-order valence-electron chi connectivity index (χ2n) is 8.07. The van der Waals surface area contributed by atoms with Crippen molar-refractivity contribution in [1.82, 2.24) is 0 Å². The fourth-order valence-corrected chi connectivity index (χ4v) is 2.51. The fourth-order valence-electron chi connectivity index (χ4n) is 2.51. The average molecular weight is 287 g/mol. The Morgan fingerprint density at radius 2 is 1.62 bits per heavy atom. The molecule has 0 unspecified atom stereocenters. The first kappa shape index (κ1) is 17.8. The number of hydrogen-bond acceptors (Lipinski definition) is 1. The topological polar surface area (TPSA) is 3.24 Å². The molecule has 0 atom stereocenters. The summed E-state index contributed by atoms with van der Waals surface area (Å²) >= 11 is 0. The molecule has 1 aromatic carbocycles. The van der Waals surface area contributed by atoms with Crippen LogP contribution >= 0.6 is 0 Å². The van der Waals surface area contributed by atoms with E-state index in [1.54, 1.807) is 0 Å². The van der Waals surface area contributed by atoms with E-state index >= 15 is 0 Å². The van der Waals surface area contributed by atoms with E-state index in [0.717, 1.165) is 19.4 Å². The highest BCUT2D eigenvalue weighted by Gasteiger charge is 2.23. The van der Waals surface area contributed by atoms with Gasteiger partial charge in [0.25, 0.3) is 0 Å². The molecule has 0 aliphatic rings. The lowest BCUT2D eigenvalue weighted by atomic mass is 9.85. The number of allylic oxidation sites excluding steroid dienone is 1. The minimum atomic E-state index is 0.134. The maximum Gasteiger partial charge on any atom is 0.0400 e. The number of hydrogen-bond donors (Lipinski definition) is 0. The number of para-hydroxylation sites is 1. The summed E-state index contributed by atoms with van der Waals surface area (Å²) in [6, 6.07) is 8.68. The van der Waals surface area contributed by atoms with Crippen molar-refractivity contribution in [2.45, 2.75) is 66.8 Å². The van der Waals surface area contributed by atoms with Gasteiger partial charge in [-0.2, -0.15) is 0 Å². The van der Waals surface area contributed by atoms with Gasteiger partial charge >= 0.3 is 0 Å². The first-order valence-corrected chi connectivity index (χ1v) is 8.05. The summed E-state index contributed by atoms with van der Waals surface area (Å²) < 4.78 is 0. The Balaban J connectivity index is 2.79. The third-order valence-corrected chi connectivity index (χ3v) is 4.14. The lowest BCUT2D eigenvalue weighted by molar-refractivity contribution is 0.462. The molecule has 1 rings (SSSR count). The first-order chi connectivity index (χ1) is 9.53. The highest BCUT2D eigenvalue weighted by molar-refractivity contribution is 5.54. The molecule has 0 saturated heterocycles. The molecule has 1 heteroatoms. The van der Waals surface area contributed by atoms with Crippen molar-refractivity contribution >= 4 is 5.69 Å². The molecule has 0 radical (unpaired) electrons. The van der Waals surface area contributed by atoms with Crippen LogP contribution in [-0.2, 0) is 0 Å². The van der Waals surface area contributed by atoms with E-state index in [9.17, 15) is 0 Å². The molecule has 0 aromatic heterocycles. The molecular formula is C20H33N. The molecule has 0 aliphatic heterocycles. The SMILES string of the molecule is C=C(CCCN(c1ccccc1C)C(C)(C)C)C(C)(C)C. The maximum atomic E-state index is 4.26. The Kier molecular flexibility index (Phi) is 5.67. The van der Waals surface area contributed by atoms with Crippen molar-refractivity contribution in [2.24, 2.45) is 5.41 Å². The monoisotopic (exact) mass is 287 g/mol. The smallest absolute Gasteiger partial charge is 0.0400 e. The van der Waals surface area contributed by atoms with Crippen LogP contribution in [0.1, 0.15) is 59.9 Å². The molecule has 0 fully saturated rings. The Bertz CT molecular complexity index is 471. The predicted octanol–water partition coefficient (Wildman–Crippen LogP) is 5.98. The van der Waals surface area contributed by atoms with Crippen LogP contribution in [0.2, 0.25) is 0 Å². The number of benzene rings is 1. The van der Waals surface area contributed by atoms with Crippen molar-refractivity contribution in [3.8, 4) is 0 Å². The van der Waals surface area contributed by atoms with Crippen LogP contribution in [0.3, 0.4) is 0 Å². The quantitative estimate of drug-likeness (QED) is 0.602. The van der Waals surface area contributed by atoms with Gasteiger partial charge in [-0.05, 0) is 57.6 Å². The molecular weight excluding hydrogens is 254 g/mol. The number of nitrogens with zero attached hydrogens (tertiary/aromatic N) is 1. The van der Waals surface area contributed by atoms with Gasteiger partial charge in [0.1, 0.15) is 0 Å². The fraction of sp³-hybridized carbons (Fsp3) is 0.600. The summed E-state index contributed by atoms with van der Waals surface area (Å²) in [4.78, 5) is 2.53. The van der Waals surface area contributed by atoms with Gasteiger partial charge in [0.05, 0.1) is 0 Å². The predicted molar refractivity (Wildman–Crippen MR) is 96.1 cm³/mol. The second kappa shape index (κ2) is 6.68. The summed E-state index contributed by atoms with van der Waals surface area (Å²) in [5.74, 6) is 0. The van der Waals surface area contributed by atoms with Gasteiger partial charge in [0, 0.05) is 17.8 Å². The molecule has 0 aliphatic carbocycles. The summed E-state index contributed by atoms with van der Waals surface area (Å²) in [6.07, 6.45) is 2.25. The van der Waals surface area contributed by atoms with Gasteiger partial charge in [-0.1, -0.05) is 51.1 Å². The molecule has 0 saturated carbocycles. The van der Waals surface area contributed by atoms with E-state index in [4.69, 9.17) is 0 Å². The van der Waals surface area contributed by atoms with E-state index < -0.39 is 0 Å². The number of aryl methyl sites for hydroxylation is 1. The van der Waals surface area contributed by atoms with Gasteiger partial charge in [-0.25, -0.2) is 0 Å². The van der Waals surface area contributed by atoms with Crippen LogP contribution in [0, 0.1) is 12.3 Å². The van der Waals surface area contributed by atoms with E-state index in [0.29, 0.717) is 0 Å². The molecule has 118 valence electrons. The molecule has 21 heavy (non-hydrogen) atoms. The summed E-state index contributed by atoms with van der Waals surface area (Å²) in [5, 5.41) is 0. The van der Waals surface area contributed by atoms with Crippen molar-refractivity contribution in [1.29, 1.82) is 0 Å². The average Bonchev–Trinajstić information content (AvgIpc) is 2.33. The van der Waals surface area contributed by atoms with Gasteiger partial charge in [0.2, 0.25) is 0 Å². The standard InChI is InChI=1S/C20H33N/c1-16-12-9-10-14-18(16)21(20(6,7)8)15-11-13-17(2)19(3,4)5/h9-10,12,14H,2,11,13,15H2,1,3-8H3. The van der Waals surface area contributed by atoms with E-state index in [1.165, 1.54) is 16.8 Å². The molecule has 1 nitrogen and oxygen atoms in total. The normalized spacial score (nSPS) is 12.3. The Hall–Kier alpha value is -1.24. The highest BCUT2D eigenvalue weighted by atomic mass is 15.2. The van der Waals surface area contributed by atoms with Crippen LogP contribution in [-0.4, -0.2) is 12.1 Å². The minimum absolute atomic E-state index is 0.134. The lowest BCUT2D eigenvalue weighted by Gasteiger charge is -2.39. The summed E-state index contributed by atoms with van der Waals surface area (Å²) in [7, 11) is 0. The molecule has 0 spiro atoms. The minimum Gasteiger partial charge on any atom is -0.366 e. The molecule has 0 N–H and O–H groups in total. The largest absolute Gasteiger partial charge is 0.366 e. The van der Waals surface area contributed by atoms with Crippen molar-refractivity contribution in [2.75, 3.05) is 11.4 Å². The van der Waals surface area contributed by atoms with Gasteiger partial charge in [0.15, 0.2) is 0 Å². The zero-order valence-corrected chi connectivity index (χ0v) is 15.1. The lowest BCUT2D eigenvalue weighted by Crippen LogP contribution is -2.42. The number of anilines is 1. The maximum absolute atomic E-state index is 4.26. The third kappa shape index (κ3) is 5.22. The Labute approximate surface area is 132 Å². The van der Waals surface area contributed by atoms with Crippen LogP contribution in [0.5, 0.6) is 0 Å². The summed E-state index contributed by atoms with van der Waals surface area (Å²) in [5.41, 5.74) is 4.40. The summed E-state index contributed by atoms with van der Waals surface area (Å²) in [6.45, 7) is 21.1. The highest BCUT2D eigenvalue weighted by Crippen LogP contribution is 2.30. The molecule has 0 bridgehead atoms. The van der Waals surface area contributed by atoms with Crippen LogP contribution in [0.15, 0.2) is 36.4 Å². The van der Waals surface area contributed by atoms with Gasteiger partial charge in [-0.3, -0.25) is 0 Å². The Morgan fingerprint density at radius 1 is 1.05 bits per heavy atom. The van der Waals surface area contributed by atoms with Crippen molar-refractivity contribution in [3.05, 3.63) is 42.0 Å². The van der Waals surface area contributed by atoms with Crippen LogP contribution in [0.25, 0.3) is 0 Å².